The number of nitrogens with one attached hydrogen (secondary N) is 1. The van der Waals surface area contributed by atoms with Crippen molar-refractivity contribution in [1.82, 2.24) is 19.1 Å². The Balaban J connectivity index is 2.33. The van der Waals surface area contributed by atoms with E-state index < -0.39 is 0 Å². The number of aryl methyl sites for hydroxylation is 1. The minimum absolute atomic E-state index is 0.344. The molecule has 6 heteroatoms. The van der Waals surface area contributed by atoms with Crippen LogP contribution in [0.2, 0.25) is 0 Å². The molecule has 0 spiro atoms. The largest absolute Gasteiger partial charge is 0.332 e. The van der Waals surface area contributed by atoms with Gasteiger partial charge in [-0.1, -0.05) is 18.2 Å². The number of hydrogen-bond donors (Lipinski definition) is 1. The summed E-state index contributed by atoms with van der Waals surface area (Å²) in [6.45, 7) is 0. The number of aromatic amines is 1. The Morgan fingerprint density at radius 1 is 1.26 bits per heavy atom. The van der Waals surface area contributed by atoms with Gasteiger partial charge < -0.3 is 4.98 Å². The summed E-state index contributed by atoms with van der Waals surface area (Å²) in [5, 5.41) is 0. The second-order valence-corrected chi connectivity index (χ2v) is 4.65. The number of allylic oxidation sites excluding steroid dienone is 4. The third kappa shape index (κ3) is 1.68. The normalized spacial score (nSPS) is 14.9. The van der Waals surface area contributed by atoms with Gasteiger partial charge in [0, 0.05) is 14.1 Å². The Labute approximate surface area is 108 Å². The highest BCUT2D eigenvalue weighted by molar-refractivity contribution is 5.75. The topological polar surface area (TPSA) is 72.7 Å². The second-order valence-electron chi connectivity index (χ2n) is 4.65. The maximum atomic E-state index is 12.0. The predicted molar refractivity (Wildman–Crippen MR) is 72.9 cm³/mol. The number of rotatable bonds is 1. The molecule has 2 aromatic heterocycles. The van der Waals surface area contributed by atoms with E-state index in [9.17, 15) is 9.59 Å². The Bertz CT molecular complexity index is 833. The molecule has 19 heavy (non-hydrogen) atoms. The van der Waals surface area contributed by atoms with Crippen LogP contribution in [-0.4, -0.2) is 19.1 Å². The fourth-order valence-electron chi connectivity index (χ4n) is 2.28. The van der Waals surface area contributed by atoms with E-state index in [2.05, 4.69) is 16.0 Å². The highest BCUT2D eigenvalue weighted by atomic mass is 16.2. The molecule has 2 heterocycles. The minimum Gasteiger partial charge on any atom is -0.332 e. The first-order chi connectivity index (χ1) is 9.09. The van der Waals surface area contributed by atoms with Gasteiger partial charge in [-0.25, -0.2) is 9.78 Å². The molecule has 0 unspecified atom stereocenters. The lowest BCUT2D eigenvalue weighted by molar-refractivity contribution is 0.708. The van der Waals surface area contributed by atoms with E-state index in [0.29, 0.717) is 17.0 Å². The van der Waals surface area contributed by atoms with Crippen molar-refractivity contribution in [3.63, 3.8) is 0 Å². The van der Waals surface area contributed by atoms with E-state index in [-0.39, 0.29) is 11.2 Å². The molecule has 0 fully saturated rings. The molecule has 98 valence electrons. The van der Waals surface area contributed by atoms with Crippen LogP contribution in [0.15, 0.2) is 27.8 Å². The van der Waals surface area contributed by atoms with E-state index >= 15 is 0 Å². The molecule has 1 aliphatic carbocycles. The lowest BCUT2D eigenvalue weighted by atomic mass is 10.1. The summed E-state index contributed by atoms with van der Waals surface area (Å²) >= 11 is 0. The smallest absolute Gasteiger partial charge is 0.332 e. The van der Waals surface area contributed by atoms with Gasteiger partial charge in [-0.3, -0.25) is 13.9 Å². The molecule has 1 aliphatic rings. The average molecular weight is 258 g/mol. The third-order valence-electron chi connectivity index (χ3n) is 3.41. The van der Waals surface area contributed by atoms with Gasteiger partial charge in [0.25, 0.3) is 5.56 Å². The quantitative estimate of drug-likeness (QED) is 0.818. The molecule has 1 N–H and O–H groups in total. The highest BCUT2D eigenvalue weighted by Gasteiger charge is 2.15. The fourth-order valence-corrected chi connectivity index (χ4v) is 2.28. The van der Waals surface area contributed by atoms with E-state index in [1.54, 1.807) is 7.05 Å². The lowest BCUT2D eigenvalue weighted by Gasteiger charge is -2.04. The number of nitrogens with zero attached hydrogens (tertiary/aromatic N) is 3. The predicted octanol–water partition coefficient (Wildman–Crippen LogP) is 0.694. The van der Waals surface area contributed by atoms with Gasteiger partial charge in [0.05, 0.1) is 0 Å². The monoisotopic (exact) mass is 258 g/mol. The molecule has 3 rings (SSSR count). The van der Waals surface area contributed by atoms with E-state index in [1.165, 1.54) is 11.6 Å². The Morgan fingerprint density at radius 2 is 2.05 bits per heavy atom. The number of hydrogen-bond acceptors (Lipinski definition) is 3. The van der Waals surface area contributed by atoms with E-state index in [0.717, 1.165) is 23.0 Å². The van der Waals surface area contributed by atoms with Crippen LogP contribution in [0.25, 0.3) is 16.7 Å². The van der Waals surface area contributed by atoms with Gasteiger partial charge in [0.15, 0.2) is 5.65 Å². The van der Waals surface area contributed by atoms with E-state index in [1.807, 2.05) is 12.2 Å². The van der Waals surface area contributed by atoms with Crippen molar-refractivity contribution in [1.29, 1.82) is 0 Å². The van der Waals surface area contributed by atoms with E-state index in [4.69, 9.17) is 0 Å². The first-order valence-corrected chi connectivity index (χ1v) is 6.11. The van der Waals surface area contributed by atoms with Gasteiger partial charge in [0.2, 0.25) is 0 Å². The van der Waals surface area contributed by atoms with Gasteiger partial charge >= 0.3 is 5.69 Å². The molecular weight excluding hydrogens is 244 g/mol. The lowest BCUT2D eigenvalue weighted by Crippen LogP contribution is -2.36. The van der Waals surface area contributed by atoms with Crippen LogP contribution < -0.4 is 11.2 Å². The van der Waals surface area contributed by atoms with Crippen molar-refractivity contribution in [3.8, 4) is 0 Å². The zero-order valence-electron chi connectivity index (χ0n) is 10.8. The summed E-state index contributed by atoms with van der Waals surface area (Å²) in [5.41, 5.74) is 1.11. The van der Waals surface area contributed by atoms with Gasteiger partial charge in [-0.15, -0.1) is 0 Å². The van der Waals surface area contributed by atoms with Crippen LogP contribution in [0, 0.1) is 0 Å². The molecule has 0 aromatic carbocycles. The first kappa shape index (κ1) is 11.7. The van der Waals surface area contributed by atoms with Crippen molar-refractivity contribution < 1.29 is 0 Å². The number of H-pyrrole nitrogens is 1. The number of imidazole rings is 1. The van der Waals surface area contributed by atoms with Gasteiger partial charge in [0.1, 0.15) is 11.3 Å². The zero-order chi connectivity index (χ0) is 13.6. The SMILES string of the molecule is Cn1c(=O)c2[nH]c(C3=CC=CCC3)nc2n(C)c1=O. The standard InChI is InChI=1S/C13H14N4O2/c1-16-11-9(12(18)17(2)13(16)19)14-10(15-11)8-6-4-3-5-7-8/h3-4,6H,5,7H2,1-2H3,(H,14,15). The Morgan fingerprint density at radius 3 is 2.74 bits per heavy atom. The maximum absolute atomic E-state index is 12.0. The highest BCUT2D eigenvalue weighted by Crippen LogP contribution is 2.21. The average Bonchev–Trinajstić information content (AvgIpc) is 2.89. The molecule has 6 nitrogen and oxygen atoms in total. The molecule has 0 radical (unpaired) electrons. The minimum atomic E-state index is -0.368. The molecule has 2 aromatic rings. The molecule has 0 bridgehead atoms. The molecular formula is C13H14N4O2. The summed E-state index contributed by atoms with van der Waals surface area (Å²) in [4.78, 5) is 31.3. The van der Waals surface area contributed by atoms with Crippen LogP contribution >= 0.6 is 0 Å². The summed E-state index contributed by atoms with van der Waals surface area (Å²) < 4.78 is 2.47. The summed E-state index contributed by atoms with van der Waals surface area (Å²) in [6.07, 6.45) is 7.87. The summed E-state index contributed by atoms with van der Waals surface area (Å²) in [5.74, 6) is 0.664. The second kappa shape index (κ2) is 4.08. The van der Waals surface area contributed by atoms with Crippen molar-refractivity contribution in [2.75, 3.05) is 0 Å². The summed E-state index contributed by atoms with van der Waals surface area (Å²) in [6, 6.07) is 0. The van der Waals surface area contributed by atoms with Crippen molar-refractivity contribution in [2.24, 2.45) is 14.1 Å². The van der Waals surface area contributed by atoms with Crippen LogP contribution in [0.4, 0.5) is 0 Å². The molecule has 0 atom stereocenters. The molecule has 0 amide bonds. The van der Waals surface area contributed by atoms with Crippen molar-refractivity contribution in [3.05, 3.63) is 44.9 Å². The number of fused-ring (bicyclic) bond motifs is 1. The third-order valence-corrected chi connectivity index (χ3v) is 3.41. The maximum Gasteiger partial charge on any atom is 0.332 e. The number of aromatic nitrogens is 4. The first-order valence-electron chi connectivity index (χ1n) is 6.11. The van der Waals surface area contributed by atoms with Crippen LogP contribution in [-0.2, 0) is 14.1 Å². The molecule has 0 saturated carbocycles. The Hall–Kier alpha value is -2.37. The van der Waals surface area contributed by atoms with Gasteiger partial charge in [-0.05, 0) is 18.4 Å². The zero-order valence-corrected chi connectivity index (χ0v) is 10.8. The fraction of sp³-hybridized carbons (Fsp3) is 0.308. The molecule has 0 saturated heterocycles. The van der Waals surface area contributed by atoms with Crippen molar-refractivity contribution in [2.45, 2.75) is 12.8 Å². The van der Waals surface area contributed by atoms with Crippen LogP contribution in [0.1, 0.15) is 18.7 Å². The van der Waals surface area contributed by atoms with Crippen LogP contribution in [0.5, 0.6) is 0 Å². The molecule has 0 aliphatic heterocycles. The van der Waals surface area contributed by atoms with Crippen molar-refractivity contribution >= 4 is 16.7 Å². The Kier molecular flexibility index (Phi) is 2.51. The van der Waals surface area contributed by atoms with Gasteiger partial charge in [-0.2, -0.15) is 0 Å². The van der Waals surface area contributed by atoms with Crippen LogP contribution in [0.3, 0.4) is 0 Å². The summed E-state index contributed by atoms with van der Waals surface area (Å²) in [7, 11) is 3.08.